The molecule has 0 aliphatic carbocycles. The summed E-state index contributed by atoms with van der Waals surface area (Å²) in [5.74, 6) is 3.03. The molecule has 3 aromatic rings. The van der Waals surface area contributed by atoms with Crippen LogP contribution in [0.4, 0.5) is 5.82 Å². The highest BCUT2D eigenvalue weighted by Gasteiger charge is 2.08. The van der Waals surface area contributed by atoms with E-state index in [1.807, 2.05) is 37.3 Å². The summed E-state index contributed by atoms with van der Waals surface area (Å²) in [7, 11) is 0. The number of unbranched alkanes of at least 4 members (excludes halogenated alkanes) is 1. The highest BCUT2D eigenvalue weighted by Crippen LogP contribution is 2.24. The van der Waals surface area contributed by atoms with Gasteiger partial charge in [0.1, 0.15) is 24.8 Å². The number of nitrogens with one attached hydrogen (secondary N) is 1. The second-order valence-corrected chi connectivity index (χ2v) is 6.16. The summed E-state index contributed by atoms with van der Waals surface area (Å²) in [4.78, 5) is 13.2. The van der Waals surface area contributed by atoms with Crippen molar-refractivity contribution in [3.8, 4) is 11.5 Å². The van der Waals surface area contributed by atoms with E-state index in [0.29, 0.717) is 19.0 Å². The number of aryl methyl sites for hydroxylation is 1. The van der Waals surface area contributed by atoms with Crippen LogP contribution in [0.15, 0.2) is 42.7 Å². The summed E-state index contributed by atoms with van der Waals surface area (Å²) >= 11 is 0. The van der Waals surface area contributed by atoms with Crippen molar-refractivity contribution >= 4 is 16.7 Å². The van der Waals surface area contributed by atoms with E-state index in [1.54, 1.807) is 12.4 Å². The molecule has 0 radical (unpaired) electrons. The lowest BCUT2D eigenvalue weighted by atomic mass is 10.2. The van der Waals surface area contributed by atoms with E-state index in [4.69, 9.17) is 9.47 Å². The van der Waals surface area contributed by atoms with Gasteiger partial charge in [0.05, 0.1) is 11.7 Å². The van der Waals surface area contributed by atoms with Crippen LogP contribution < -0.4 is 14.8 Å². The molecule has 6 heteroatoms. The van der Waals surface area contributed by atoms with E-state index in [-0.39, 0.29) is 0 Å². The Morgan fingerprint density at radius 1 is 0.963 bits per heavy atom. The lowest BCUT2D eigenvalue weighted by Crippen LogP contribution is -2.13. The van der Waals surface area contributed by atoms with Gasteiger partial charge in [-0.25, -0.2) is 9.97 Å². The maximum absolute atomic E-state index is 5.90. The minimum Gasteiger partial charge on any atom is -0.489 e. The average molecular weight is 366 g/mol. The summed E-state index contributed by atoms with van der Waals surface area (Å²) in [5.41, 5.74) is 0.918. The molecule has 0 spiro atoms. The van der Waals surface area contributed by atoms with Crippen LogP contribution >= 0.6 is 0 Å². The third kappa shape index (κ3) is 5.06. The van der Waals surface area contributed by atoms with Gasteiger partial charge in [0.25, 0.3) is 0 Å². The Kier molecular flexibility index (Phi) is 6.79. The molecule has 0 amide bonds. The third-order valence-corrected chi connectivity index (χ3v) is 4.15. The Morgan fingerprint density at radius 3 is 2.59 bits per heavy atom. The monoisotopic (exact) mass is 366 g/mol. The first-order chi connectivity index (χ1) is 13.3. The van der Waals surface area contributed by atoms with Crippen LogP contribution in [0.25, 0.3) is 10.9 Å². The molecule has 2 aromatic heterocycles. The molecule has 1 aromatic carbocycles. The lowest BCUT2D eigenvalue weighted by Gasteiger charge is -2.13. The first-order valence-electron chi connectivity index (χ1n) is 9.51. The van der Waals surface area contributed by atoms with Crippen molar-refractivity contribution in [3.05, 3.63) is 48.5 Å². The van der Waals surface area contributed by atoms with Crippen LogP contribution in [0.3, 0.4) is 0 Å². The quantitative estimate of drug-likeness (QED) is 0.541. The van der Waals surface area contributed by atoms with Gasteiger partial charge < -0.3 is 14.8 Å². The van der Waals surface area contributed by atoms with E-state index in [0.717, 1.165) is 54.1 Å². The van der Waals surface area contributed by atoms with Crippen LogP contribution in [-0.4, -0.2) is 34.7 Å². The molecule has 0 saturated heterocycles. The maximum Gasteiger partial charge on any atom is 0.180 e. The molecule has 0 atom stereocenters. The van der Waals surface area contributed by atoms with Crippen molar-refractivity contribution in [2.24, 2.45) is 0 Å². The zero-order chi connectivity index (χ0) is 18.9. The predicted octanol–water partition coefficient (Wildman–Crippen LogP) is 4.26. The smallest absolute Gasteiger partial charge is 0.180 e. The van der Waals surface area contributed by atoms with E-state index >= 15 is 0 Å². The van der Waals surface area contributed by atoms with Gasteiger partial charge in [0.15, 0.2) is 11.6 Å². The van der Waals surface area contributed by atoms with Crippen LogP contribution in [0.2, 0.25) is 0 Å². The Balaban J connectivity index is 1.59. The van der Waals surface area contributed by atoms with Crippen molar-refractivity contribution in [3.63, 3.8) is 0 Å². The van der Waals surface area contributed by atoms with Crippen LogP contribution in [0, 0.1) is 0 Å². The molecule has 0 aliphatic rings. The molecule has 0 saturated carbocycles. The summed E-state index contributed by atoms with van der Waals surface area (Å²) in [5, 5.41) is 4.34. The van der Waals surface area contributed by atoms with Crippen molar-refractivity contribution in [1.29, 1.82) is 0 Å². The van der Waals surface area contributed by atoms with Gasteiger partial charge in [-0.1, -0.05) is 32.4 Å². The molecule has 0 fully saturated rings. The molecule has 142 valence electrons. The van der Waals surface area contributed by atoms with Gasteiger partial charge in [0, 0.05) is 24.5 Å². The molecule has 0 aliphatic heterocycles. The van der Waals surface area contributed by atoms with Crippen molar-refractivity contribution in [2.75, 3.05) is 25.1 Å². The number of rotatable bonds is 10. The summed E-state index contributed by atoms with van der Waals surface area (Å²) in [6, 6.07) is 9.80. The number of ether oxygens (including phenoxy) is 2. The number of aromatic nitrogens is 3. The first-order valence-corrected chi connectivity index (χ1v) is 9.51. The molecule has 0 bridgehead atoms. The molecular weight excluding hydrogens is 340 g/mol. The number of fused-ring (bicyclic) bond motifs is 1. The standard InChI is InChI=1S/C21H26N4O2/c1-3-5-11-23-21-19(15-24-20(4-2)25-21)27-14-13-26-18-10-12-22-17-9-7-6-8-16(17)18/h6-10,12,15H,3-5,11,13-14H2,1-2H3,(H,23,24,25). The van der Waals surface area contributed by atoms with Gasteiger partial charge in [-0.2, -0.15) is 0 Å². The van der Waals surface area contributed by atoms with Gasteiger partial charge in [0.2, 0.25) is 0 Å². The molecule has 6 nitrogen and oxygen atoms in total. The Labute approximate surface area is 160 Å². The SMILES string of the molecule is CCCCNc1nc(CC)ncc1OCCOc1ccnc2ccccc12. The average Bonchev–Trinajstić information content (AvgIpc) is 2.72. The molecule has 2 heterocycles. The van der Waals surface area contributed by atoms with Crippen LogP contribution in [0.5, 0.6) is 11.5 Å². The number of hydrogen-bond acceptors (Lipinski definition) is 6. The molecule has 3 rings (SSSR count). The second-order valence-electron chi connectivity index (χ2n) is 6.16. The zero-order valence-electron chi connectivity index (χ0n) is 15.9. The summed E-state index contributed by atoms with van der Waals surface area (Å²) in [6.07, 6.45) is 6.50. The molecular formula is C21H26N4O2. The minimum atomic E-state index is 0.411. The Morgan fingerprint density at radius 2 is 1.78 bits per heavy atom. The fraction of sp³-hybridized carbons (Fsp3) is 0.381. The normalized spacial score (nSPS) is 10.7. The number of pyridine rings is 1. The number of anilines is 1. The molecule has 27 heavy (non-hydrogen) atoms. The summed E-state index contributed by atoms with van der Waals surface area (Å²) in [6.45, 7) is 5.91. The van der Waals surface area contributed by atoms with E-state index < -0.39 is 0 Å². The fourth-order valence-electron chi connectivity index (χ4n) is 2.69. The minimum absolute atomic E-state index is 0.411. The van der Waals surface area contributed by atoms with E-state index in [1.165, 1.54) is 0 Å². The van der Waals surface area contributed by atoms with Gasteiger partial charge in [-0.05, 0) is 24.6 Å². The molecule has 1 N–H and O–H groups in total. The van der Waals surface area contributed by atoms with E-state index in [2.05, 4.69) is 27.2 Å². The number of para-hydroxylation sites is 1. The van der Waals surface area contributed by atoms with Crippen molar-refractivity contribution in [1.82, 2.24) is 15.0 Å². The third-order valence-electron chi connectivity index (χ3n) is 4.15. The molecule has 0 unspecified atom stereocenters. The van der Waals surface area contributed by atoms with Crippen molar-refractivity contribution < 1.29 is 9.47 Å². The summed E-state index contributed by atoms with van der Waals surface area (Å²) < 4.78 is 11.8. The Bertz CT molecular complexity index is 864. The highest BCUT2D eigenvalue weighted by molar-refractivity contribution is 5.84. The lowest BCUT2D eigenvalue weighted by molar-refractivity contribution is 0.218. The van der Waals surface area contributed by atoms with Gasteiger partial charge >= 0.3 is 0 Å². The fourth-order valence-corrected chi connectivity index (χ4v) is 2.69. The van der Waals surface area contributed by atoms with Gasteiger partial charge in [-0.15, -0.1) is 0 Å². The first kappa shape index (κ1) is 18.9. The van der Waals surface area contributed by atoms with Crippen molar-refractivity contribution in [2.45, 2.75) is 33.1 Å². The number of hydrogen-bond donors (Lipinski definition) is 1. The van der Waals surface area contributed by atoms with E-state index in [9.17, 15) is 0 Å². The van der Waals surface area contributed by atoms with Crippen LogP contribution in [-0.2, 0) is 6.42 Å². The predicted molar refractivity (Wildman–Crippen MR) is 108 cm³/mol. The number of benzene rings is 1. The maximum atomic E-state index is 5.90. The topological polar surface area (TPSA) is 69.2 Å². The zero-order valence-corrected chi connectivity index (χ0v) is 15.9. The Hall–Kier alpha value is -2.89. The largest absolute Gasteiger partial charge is 0.489 e. The van der Waals surface area contributed by atoms with Crippen LogP contribution in [0.1, 0.15) is 32.5 Å². The number of nitrogens with zero attached hydrogens (tertiary/aromatic N) is 3. The highest BCUT2D eigenvalue weighted by atomic mass is 16.5. The second kappa shape index (κ2) is 9.71. The van der Waals surface area contributed by atoms with Gasteiger partial charge in [-0.3, -0.25) is 4.98 Å².